The van der Waals surface area contributed by atoms with Crippen LogP contribution in [0.15, 0.2) is 24.3 Å². The van der Waals surface area contributed by atoms with E-state index in [4.69, 9.17) is 14.5 Å². The van der Waals surface area contributed by atoms with E-state index < -0.39 is 0 Å². The highest BCUT2D eigenvalue weighted by atomic mass is 16.5. The lowest BCUT2D eigenvalue weighted by Gasteiger charge is -2.12. The van der Waals surface area contributed by atoms with Crippen LogP contribution in [0.5, 0.6) is 11.5 Å². The standard InChI is InChI=1S/C24H27N5O3/c1-13-11-14(2)25-23-22(13)24-26-15(3)18(16(4)29(24)28-23)8-10-21(30)27-17-7-9-19(31-5)20(12-17)32-6/h7,9,11-12H,8,10H2,1-6H3,(H,27,30). The van der Waals surface area contributed by atoms with Gasteiger partial charge in [-0.25, -0.2) is 14.5 Å². The predicted octanol–water partition coefficient (Wildman–Crippen LogP) is 4.10. The largest absolute Gasteiger partial charge is 0.493 e. The first-order valence-corrected chi connectivity index (χ1v) is 10.5. The van der Waals surface area contributed by atoms with Crippen molar-refractivity contribution >= 4 is 28.3 Å². The molecule has 166 valence electrons. The van der Waals surface area contributed by atoms with Crippen LogP contribution in [0.4, 0.5) is 5.69 Å². The molecule has 0 unspecified atom stereocenters. The Balaban J connectivity index is 1.57. The number of nitrogens with one attached hydrogen (secondary N) is 1. The third kappa shape index (κ3) is 3.84. The molecule has 0 aliphatic heterocycles. The second-order valence-electron chi connectivity index (χ2n) is 7.89. The van der Waals surface area contributed by atoms with E-state index in [0.29, 0.717) is 35.7 Å². The lowest BCUT2D eigenvalue weighted by Crippen LogP contribution is -2.14. The van der Waals surface area contributed by atoms with Crippen LogP contribution in [0.25, 0.3) is 16.7 Å². The van der Waals surface area contributed by atoms with E-state index in [1.54, 1.807) is 32.4 Å². The Bertz CT molecular complexity index is 1340. The van der Waals surface area contributed by atoms with E-state index in [0.717, 1.165) is 39.2 Å². The molecule has 3 aromatic heterocycles. The minimum Gasteiger partial charge on any atom is -0.493 e. The molecular formula is C24H27N5O3. The van der Waals surface area contributed by atoms with Crippen molar-refractivity contribution in [1.82, 2.24) is 19.6 Å². The van der Waals surface area contributed by atoms with Gasteiger partial charge in [-0.05, 0) is 63.4 Å². The summed E-state index contributed by atoms with van der Waals surface area (Å²) >= 11 is 0. The first kappa shape index (κ1) is 21.5. The number of carbonyl (C=O) groups is 1. The van der Waals surface area contributed by atoms with Crippen LogP contribution in [-0.2, 0) is 11.2 Å². The maximum atomic E-state index is 12.6. The molecule has 4 aromatic rings. The van der Waals surface area contributed by atoms with E-state index in [1.807, 2.05) is 31.4 Å². The number of pyridine rings is 1. The maximum absolute atomic E-state index is 12.6. The number of benzene rings is 1. The van der Waals surface area contributed by atoms with Gasteiger partial charge in [0.15, 0.2) is 22.8 Å². The Labute approximate surface area is 186 Å². The summed E-state index contributed by atoms with van der Waals surface area (Å²) in [5, 5.41) is 8.58. The van der Waals surface area contributed by atoms with Gasteiger partial charge in [-0.15, -0.1) is 5.10 Å². The van der Waals surface area contributed by atoms with Crippen LogP contribution in [0, 0.1) is 27.7 Å². The molecule has 8 nitrogen and oxygen atoms in total. The third-order valence-corrected chi connectivity index (χ3v) is 5.68. The monoisotopic (exact) mass is 433 g/mol. The summed E-state index contributed by atoms with van der Waals surface area (Å²) in [6.07, 6.45) is 0.877. The number of aryl methyl sites for hydroxylation is 4. The molecule has 32 heavy (non-hydrogen) atoms. The normalized spacial score (nSPS) is 11.2. The van der Waals surface area contributed by atoms with Gasteiger partial charge in [-0.3, -0.25) is 4.79 Å². The van der Waals surface area contributed by atoms with E-state index in [1.165, 1.54) is 0 Å². The first-order chi connectivity index (χ1) is 15.3. The van der Waals surface area contributed by atoms with E-state index in [-0.39, 0.29) is 5.91 Å². The summed E-state index contributed by atoms with van der Waals surface area (Å²) in [6.45, 7) is 8.00. The van der Waals surface area contributed by atoms with Crippen molar-refractivity contribution in [2.24, 2.45) is 0 Å². The highest BCUT2D eigenvalue weighted by molar-refractivity contribution is 5.93. The molecule has 0 radical (unpaired) electrons. The first-order valence-electron chi connectivity index (χ1n) is 10.5. The molecule has 0 spiro atoms. The molecule has 0 saturated carbocycles. The number of fused-ring (bicyclic) bond motifs is 3. The maximum Gasteiger partial charge on any atom is 0.224 e. The van der Waals surface area contributed by atoms with E-state index in [9.17, 15) is 4.79 Å². The van der Waals surface area contributed by atoms with E-state index >= 15 is 0 Å². The highest BCUT2D eigenvalue weighted by Gasteiger charge is 2.17. The van der Waals surface area contributed by atoms with Crippen LogP contribution in [0.3, 0.4) is 0 Å². The van der Waals surface area contributed by atoms with Gasteiger partial charge in [-0.2, -0.15) is 0 Å². The van der Waals surface area contributed by atoms with Crippen LogP contribution in [-0.4, -0.2) is 39.7 Å². The van der Waals surface area contributed by atoms with Crippen molar-refractivity contribution in [3.05, 3.63) is 52.5 Å². The number of hydrogen-bond donors (Lipinski definition) is 1. The molecule has 3 heterocycles. The molecule has 0 aliphatic carbocycles. The van der Waals surface area contributed by atoms with Gasteiger partial charge < -0.3 is 14.8 Å². The fraction of sp³-hybridized carbons (Fsp3) is 0.333. The topological polar surface area (TPSA) is 90.6 Å². The second kappa shape index (κ2) is 8.45. The lowest BCUT2D eigenvalue weighted by atomic mass is 10.1. The number of amides is 1. The molecule has 0 atom stereocenters. The van der Waals surface area contributed by atoms with Crippen molar-refractivity contribution in [2.45, 2.75) is 40.5 Å². The van der Waals surface area contributed by atoms with Crippen molar-refractivity contribution in [3.8, 4) is 11.5 Å². The zero-order chi connectivity index (χ0) is 23.0. The molecule has 8 heteroatoms. The van der Waals surface area contributed by atoms with Crippen LogP contribution in [0.2, 0.25) is 0 Å². The minimum absolute atomic E-state index is 0.0881. The van der Waals surface area contributed by atoms with Crippen LogP contribution >= 0.6 is 0 Å². The smallest absolute Gasteiger partial charge is 0.224 e. The summed E-state index contributed by atoms with van der Waals surface area (Å²) < 4.78 is 12.4. The predicted molar refractivity (Wildman–Crippen MR) is 124 cm³/mol. The zero-order valence-electron chi connectivity index (χ0n) is 19.2. The number of methoxy groups -OCH3 is 2. The van der Waals surface area contributed by atoms with Gasteiger partial charge in [0.25, 0.3) is 0 Å². The van der Waals surface area contributed by atoms with Crippen molar-refractivity contribution in [1.29, 1.82) is 0 Å². The van der Waals surface area contributed by atoms with Gasteiger partial charge in [0.2, 0.25) is 5.91 Å². The van der Waals surface area contributed by atoms with Crippen molar-refractivity contribution in [2.75, 3.05) is 19.5 Å². The van der Waals surface area contributed by atoms with Gasteiger partial charge in [0.1, 0.15) is 0 Å². The number of hydrogen-bond acceptors (Lipinski definition) is 6. The molecule has 0 fully saturated rings. The molecule has 1 N–H and O–H groups in total. The fourth-order valence-corrected chi connectivity index (χ4v) is 4.10. The quantitative estimate of drug-likeness (QED) is 0.492. The van der Waals surface area contributed by atoms with Gasteiger partial charge in [-0.1, -0.05) is 0 Å². The number of aromatic nitrogens is 4. The molecular weight excluding hydrogens is 406 g/mol. The second-order valence-corrected chi connectivity index (χ2v) is 7.89. The molecule has 4 rings (SSSR count). The van der Waals surface area contributed by atoms with Gasteiger partial charge >= 0.3 is 0 Å². The fourth-order valence-electron chi connectivity index (χ4n) is 4.10. The van der Waals surface area contributed by atoms with Gasteiger partial charge in [0, 0.05) is 35.3 Å². The average molecular weight is 434 g/mol. The molecule has 0 bridgehead atoms. The number of rotatable bonds is 6. The third-order valence-electron chi connectivity index (χ3n) is 5.68. The van der Waals surface area contributed by atoms with Crippen LogP contribution < -0.4 is 14.8 Å². The summed E-state index contributed by atoms with van der Waals surface area (Å²) in [7, 11) is 3.14. The minimum atomic E-state index is -0.0881. The summed E-state index contributed by atoms with van der Waals surface area (Å²) in [5.41, 5.74) is 7.08. The Morgan fingerprint density at radius 3 is 2.50 bits per heavy atom. The van der Waals surface area contributed by atoms with Crippen molar-refractivity contribution < 1.29 is 14.3 Å². The van der Waals surface area contributed by atoms with Gasteiger partial charge in [0.05, 0.1) is 19.6 Å². The SMILES string of the molecule is COc1ccc(NC(=O)CCc2c(C)nc3c4c(C)cc(C)nc4nn3c2C)cc1OC. The lowest BCUT2D eigenvalue weighted by molar-refractivity contribution is -0.116. The molecule has 1 amide bonds. The summed E-state index contributed by atoms with van der Waals surface area (Å²) in [5.74, 6) is 1.09. The average Bonchev–Trinajstić information content (AvgIpc) is 3.11. The Morgan fingerprint density at radius 2 is 1.78 bits per heavy atom. The Hall–Kier alpha value is -3.68. The summed E-state index contributed by atoms with van der Waals surface area (Å²) in [4.78, 5) is 22.0. The number of nitrogens with zero attached hydrogens (tertiary/aromatic N) is 4. The number of ether oxygens (including phenoxy) is 2. The number of carbonyl (C=O) groups excluding carboxylic acids is 1. The zero-order valence-corrected chi connectivity index (χ0v) is 19.2. The van der Waals surface area contributed by atoms with Crippen molar-refractivity contribution in [3.63, 3.8) is 0 Å². The highest BCUT2D eigenvalue weighted by Crippen LogP contribution is 2.30. The molecule has 0 aliphatic rings. The number of anilines is 1. The summed E-state index contributed by atoms with van der Waals surface area (Å²) in [6, 6.07) is 7.34. The van der Waals surface area contributed by atoms with E-state index in [2.05, 4.69) is 22.3 Å². The molecule has 1 aromatic carbocycles. The Kier molecular flexibility index (Phi) is 5.69. The molecule has 0 saturated heterocycles. The van der Waals surface area contributed by atoms with Crippen LogP contribution in [0.1, 0.15) is 34.6 Å². The Morgan fingerprint density at radius 1 is 1.03 bits per heavy atom.